The van der Waals surface area contributed by atoms with E-state index in [1.165, 1.54) is 13.3 Å². The lowest BCUT2D eigenvalue weighted by molar-refractivity contribution is -0.134. The van der Waals surface area contributed by atoms with Crippen LogP contribution >= 0.6 is 12.6 Å². The van der Waals surface area contributed by atoms with Crippen molar-refractivity contribution < 1.29 is 28.8 Å². The summed E-state index contributed by atoms with van der Waals surface area (Å²) in [5.74, 6) is -2.80. The third-order valence-corrected chi connectivity index (χ3v) is 11.5. The highest BCUT2D eigenvalue weighted by Gasteiger charge is 2.32. The van der Waals surface area contributed by atoms with Crippen LogP contribution in [0.15, 0.2) is 73.3 Å². The maximum atomic E-state index is 14.0. The van der Waals surface area contributed by atoms with Crippen molar-refractivity contribution in [3.63, 3.8) is 0 Å². The van der Waals surface area contributed by atoms with Gasteiger partial charge in [-0.1, -0.05) is 76.2 Å². The average Bonchev–Trinajstić information content (AvgIpc) is 3.97. The molecule has 19 heteroatoms. The van der Waals surface area contributed by atoms with Crippen LogP contribution < -0.4 is 48.3 Å². The van der Waals surface area contributed by atoms with E-state index in [1.54, 1.807) is 33.3 Å². The molecule has 0 aliphatic carbocycles. The summed E-state index contributed by atoms with van der Waals surface area (Å²) in [5, 5.41) is 24.1. The first-order chi connectivity index (χ1) is 31.6. The molecule has 2 aromatic carbocycles. The fourth-order valence-corrected chi connectivity index (χ4v) is 7.86. The average molecular weight is 931 g/mol. The van der Waals surface area contributed by atoms with Crippen LogP contribution in [0, 0.1) is 11.8 Å². The number of fused-ring (bicyclic) bond motifs is 1. The van der Waals surface area contributed by atoms with E-state index < -0.39 is 78.1 Å². The number of para-hydroxylation sites is 1. The number of nitrogens with zero attached hydrogens (tertiary/aromatic N) is 1. The predicted octanol–water partition coefficient (Wildman–Crippen LogP) is 1.01. The first kappa shape index (κ1) is 52.9. The highest BCUT2D eigenvalue weighted by Crippen LogP contribution is 2.20. The van der Waals surface area contributed by atoms with Gasteiger partial charge in [-0.3, -0.25) is 28.8 Å². The van der Waals surface area contributed by atoms with Crippen molar-refractivity contribution in [1.29, 1.82) is 0 Å². The number of amides is 6. The number of benzene rings is 2. The molecule has 4 aromatic rings. The normalized spacial score (nSPS) is 14.6. The molecule has 0 radical (unpaired) electrons. The number of hydrogen-bond acceptors (Lipinski definition) is 11. The zero-order valence-corrected chi connectivity index (χ0v) is 39.8. The first-order valence-electron chi connectivity index (χ1n) is 22.7. The Morgan fingerprint density at radius 2 is 1.41 bits per heavy atom. The summed E-state index contributed by atoms with van der Waals surface area (Å²) in [6, 6.07) is 12.0. The van der Waals surface area contributed by atoms with Crippen molar-refractivity contribution in [3.8, 4) is 0 Å². The van der Waals surface area contributed by atoms with Gasteiger partial charge in [-0.05, 0) is 68.0 Å². The zero-order chi connectivity index (χ0) is 48.2. The van der Waals surface area contributed by atoms with E-state index in [4.69, 9.17) is 5.73 Å². The second-order valence-corrected chi connectivity index (χ2v) is 17.9. The molecule has 0 saturated heterocycles. The van der Waals surface area contributed by atoms with Crippen LogP contribution in [-0.4, -0.2) is 125 Å². The van der Waals surface area contributed by atoms with Crippen molar-refractivity contribution in [3.05, 3.63) is 90.1 Å². The van der Waals surface area contributed by atoms with Crippen LogP contribution in [0.4, 0.5) is 0 Å². The molecule has 12 N–H and O–H groups in total. The lowest BCUT2D eigenvalue weighted by Gasteiger charge is -2.27. The molecule has 0 unspecified atom stereocenters. The molecule has 0 aliphatic rings. The fraction of sp³-hybridized carbons (Fsp3) is 0.511. The Labute approximate surface area is 393 Å². The van der Waals surface area contributed by atoms with Gasteiger partial charge in [-0.2, -0.15) is 12.6 Å². The fourth-order valence-electron chi connectivity index (χ4n) is 7.55. The van der Waals surface area contributed by atoms with Gasteiger partial charge in [-0.15, -0.1) is 0 Å². The number of nitrogens with one attached hydrogen (secondary N) is 10. The summed E-state index contributed by atoms with van der Waals surface area (Å²) < 4.78 is 0. The molecule has 4 rings (SSSR count). The number of rotatable bonds is 28. The van der Waals surface area contributed by atoms with Crippen LogP contribution in [0.5, 0.6) is 0 Å². The molecule has 360 valence electrons. The Kier molecular flexibility index (Phi) is 21.6. The van der Waals surface area contributed by atoms with Gasteiger partial charge in [0.15, 0.2) is 0 Å². The molecule has 0 aliphatic heterocycles. The van der Waals surface area contributed by atoms with Crippen LogP contribution in [0.3, 0.4) is 0 Å². The highest BCUT2D eigenvalue weighted by molar-refractivity contribution is 7.80. The minimum atomic E-state index is -1.12. The second-order valence-electron chi connectivity index (χ2n) is 17.4. The van der Waals surface area contributed by atoms with Crippen molar-refractivity contribution in [1.82, 2.24) is 57.5 Å². The molecule has 7 atom stereocenters. The minimum absolute atomic E-state index is 0.0371. The summed E-state index contributed by atoms with van der Waals surface area (Å²) in [4.78, 5) is 92.2. The van der Waals surface area contributed by atoms with Crippen LogP contribution in [0.2, 0.25) is 0 Å². The third-order valence-electron chi connectivity index (χ3n) is 11.2. The van der Waals surface area contributed by atoms with Gasteiger partial charge in [-0.25, -0.2) is 4.98 Å². The van der Waals surface area contributed by atoms with Gasteiger partial charge in [0.25, 0.3) is 0 Å². The Balaban J connectivity index is 1.39. The maximum absolute atomic E-state index is 14.0. The Morgan fingerprint density at radius 3 is 2.06 bits per heavy atom. The Bertz CT molecular complexity index is 2150. The summed E-state index contributed by atoms with van der Waals surface area (Å²) in [6.45, 7) is 9.47. The van der Waals surface area contributed by atoms with Gasteiger partial charge >= 0.3 is 0 Å². The number of carbonyl (C=O) groups excluding carboxylic acids is 6. The van der Waals surface area contributed by atoms with Gasteiger partial charge < -0.3 is 58.2 Å². The SMILES string of the molecule is CN[C@@H](Cc1ccccc1)C(=O)N[C@@H](Cc1c[nH]c2ccccc12)C(=O)N[C@@H](C)C(=O)N[C@H](C(=O)NCC(=O)N[C@@H](Cc1cnc[nH]1)C(=O)N[C@H](CN[C@H](CN)CCS)CC(C)C)C(C)C. The number of imidazole rings is 1. The van der Waals surface area contributed by atoms with Crippen LogP contribution in [-0.2, 0) is 48.0 Å². The van der Waals surface area contributed by atoms with E-state index in [0.717, 1.165) is 28.5 Å². The van der Waals surface area contributed by atoms with Gasteiger partial charge in [0.05, 0.1) is 18.9 Å². The molecule has 2 aromatic heterocycles. The van der Waals surface area contributed by atoms with E-state index in [9.17, 15) is 28.8 Å². The number of H-pyrrole nitrogens is 2. The molecule has 6 amide bonds. The molecule has 0 saturated carbocycles. The Morgan fingerprint density at radius 1 is 0.727 bits per heavy atom. The molecule has 2 heterocycles. The smallest absolute Gasteiger partial charge is 0.243 e. The van der Waals surface area contributed by atoms with E-state index >= 15 is 0 Å². The summed E-state index contributed by atoms with van der Waals surface area (Å²) in [7, 11) is 1.68. The number of carbonyl (C=O) groups is 6. The number of likely N-dealkylation sites (N-methyl/N-ethyl adjacent to an activating group) is 1. The number of aromatic nitrogens is 3. The molecule has 0 spiro atoms. The number of thiol groups is 1. The van der Waals surface area contributed by atoms with E-state index in [2.05, 4.69) is 84.0 Å². The maximum Gasteiger partial charge on any atom is 0.243 e. The standard InChI is InChI=1S/C47H70N12O6S/c1-28(2)18-35(25-51-33(22-48)16-17-66)56-46(64)40(21-34-24-50-27-54-34)57-41(60)26-53-47(65)42(29(3)4)59-43(61)30(5)55-45(63)39(20-32-23-52-37-15-11-10-14-36(32)37)58-44(62)38(49-6)19-31-12-8-7-9-13-31/h7-15,23-24,27-30,33,35,38-40,42,49,51-52,66H,16-22,25-26,48H2,1-6H3,(H,50,54)(H,53,65)(H,55,63)(H,56,64)(H,57,60)(H,58,62)(H,59,61)/t30-,33-,35-,38-,39-,40-,42-/m0/s1. The lowest BCUT2D eigenvalue weighted by atomic mass is 10.0. The van der Waals surface area contributed by atoms with E-state index in [1.807, 2.05) is 54.6 Å². The predicted molar refractivity (Wildman–Crippen MR) is 259 cm³/mol. The van der Waals surface area contributed by atoms with Gasteiger partial charge in [0.1, 0.15) is 24.2 Å². The summed E-state index contributed by atoms with van der Waals surface area (Å²) >= 11 is 4.32. The number of nitrogens with two attached hydrogens (primary N) is 1. The van der Waals surface area contributed by atoms with E-state index in [0.29, 0.717) is 37.4 Å². The lowest BCUT2D eigenvalue weighted by Crippen LogP contribution is -2.59. The topological polar surface area (TPSA) is 269 Å². The van der Waals surface area contributed by atoms with Crippen molar-refractivity contribution in [2.24, 2.45) is 17.6 Å². The van der Waals surface area contributed by atoms with Gasteiger partial charge in [0.2, 0.25) is 35.4 Å². The largest absolute Gasteiger partial charge is 0.361 e. The van der Waals surface area contributed by atoms with Crippen molar-refractivity contribution in [2.45, 2.75) is 109 Å². The quantitative estimate of drug-likeness (QED) is 0.0360. The number of aromatic amines is 2. The zero-order valence-electron chi connectivity index (χ0n) is 38.9. The number of hydrogen-bond donors (Lipinski definition) is 12. The molecular weight excluding hydrogens is 861 g/mol. The molecule has 0 bridgehead atoms. The summed E-state index contributed by atoms with van der Waals surface area (Å²) in [5.41, 5.74) is 9.15. The summed E-state index contributed by atoms with van der Waals surface area (Å²) in [6.07, 6.45) is 6.91. The monoisotopic (exact) mass is 931 g/mol. The van der Waals surface area contributed by atoms with Crippen molar-refractivity contribution in [2.75, 3.05) is 32.4 Å². The highest BCUT2D eigenvalue weighted by atomic mass is 32.1. The second kappa shape index (κ2) is 27.0. The molecule has 18 nitrogen and oxygen atoms in total. The van der Waals surface area contributed by atoms with Gasteiger partial charge in [0, 0.05) is 67.0 Å². The molecule has 0 fully saturated rings. The molecular formula is C47H70N12O6S. The first-order valence-corrected chi connectivity index (χ1v) is 23.3. The van der Waals surface area contributed by atoms with Crippen LogP contribution in [0.25, 0.3) is 10.9 Å². The van der Waals surface area contributed by atoms with Crippen LogP contribution in [0.1, 0.15) is 64.3 Å². The van der Waals surface area contributed by atoms with Crippen molar-refractivity contribution >= 4 is 59.0 Å². The van der Waals surface area contributed by atoms with E-state index in [-0.39, 0.29) is 30.8 Å². The minimum Gasteiger partial charge on any atom is -0.361 e. The third kappa shape index (κ3) is 16.9. The Hall–Kier alpha value is -5.76. The molecule has 66 heavy (non-hydrogen) atoms.